The van der Waals surface area contributed by atoms with Gasteiger partial charge < -0.3 is 4.57 Å². The number of hydrogen-bond acceptors (Lipinski definition) is 1. The number of aryl methyl sites for hydroxylation is 1. The topological polar surface area (TPSA) is 17.8 Å². The molecule has 24 heavy (non-hydrogen) atoms. The van der Waals surface area contributed by atoms with Gasteiger partial charge in [0.05, 0.1) is 11.0 Å². The molecule has 0 aliphatic heterocycles. The molecule has 0 amide bonds. The van der Waals surface area contributed by atoms with Gasteiger partial charge in [-0.05, 0) is 23.3 Å². The average Bonchev–Trinajstić information content (AvgIpc) is 2.97. The van der Waals surface area contributed by atoms with E-state index in [1.165, 1.54) is 16.6 Å². The largest absolute Gasteiger partial charge is 0.331 e. The minimum atomic E-state index is 0.308. The lowest BCUT2D eigenvalue weighted by Crippen LogP contribution is -2.09. The predicted molar refractivity (Wildman–Crippen MR) is 99.1 cm³/mol. The van der Waals surface area contributed by atoms with Crippen molar-refractivity contribution < 1.29 is 0 Å². The van der Waals surface area contributed by atoms with Crippen LogP contribution in [0.15, 0.2) is 84.9 Å². The fraction of sp³-hybridized carbons (Fsp3) is 0.136. The van der Waals surface area contributed by atoms with Crippen LogP contribution in [0.1, 0.15) is 22.9 Å². The molecule has 0 saturated carbocycles. The first kappa shape index (κ1) is 14.7. The summed E-state index contributed by atoms with van der Waals surface area (Å²) in [7, 11) is 2.11. The predicted octanol–water partition coefficient (Wildman–Crippen LogP) is 4.95. The van der Waals surface area contributed by atoms with E-state index in [1.54, 1.807) is 0 Å². The van der Waals surface area contributed by atoms with Crippen molar-refractivity contribution in [2.45, 2.75) is 12.3 Å². The molecule has 4 aromatic rings. The van der Waals surface area contributed by atoms with Gasteiger partial charge in [-0.3, -0.25) is 0 Å². The highest BCUT2D eigenvalue weighted by molar-refractivity contribution is 5.75. The van der Waals surface area contributed by atoms with Crippen LogP contribution in [0, 0.1) is 0 Å². The van der Waals surface area contributed by atoms with Gasteiger partial charge in [0.2, 0.25) is 0 Å². The van der Waals surface area contributed by atoms with E-state index in [0.717, 1.165) is 17.8 Å². The lowest BCUT2D eigenvalue weighted by molar-refractivity contribution is 0.718. The maximum atomic E-state index is 4.87. The van der Waals surface area contributed by atoms with E-state index < -0.39 is 0 Å². The van der Waals surface area contributed by atoms with Gasteiger partial charge in [-0.2, -0.15) is 0 Å². The summed E-state index contributed by atoms with van der Waals surface area (Å²) in [6, 6.07) is 29.7. The van der Waals surface area contributed by atoms with Crippen LogP contribution >= 0.6 is 0 Å². The molecule has 0 bridgehead atoms. The van der Waals surface area contributed by atoms with Crippen molar-refractivity contribution in [3.63, 3.8) is 0 Å². The Hall–Kier alpha value is -2.87. The molecule has 0 aliphatic carbocycles. The third-order valence-electron chi connectivity index (χ3n) is 4.67. The van der Waals surface area contributed by atoms with Crippen LogP contribution in [0.2, 0.25) is 0 Å². The van der Waals surface area contributed by atoms with Crippen molar-refractivity contribution in [1.29, 1.82) is 0 Å². The Morgan fingerprint density at radius 2 is 1.29 bits per heavy atom. The van der Waals surface area contributed by atoms with Crippen molar-refractivity contribution in [1.82, 2.24) is 9.55 Å². The van der Waals surface area contributed by atoms with E-state index in [9.17, 15) is 0 Å². The first-order valence-electron chi connectivity index (χ1n) is 8.33. The molecule has 0 N–H and O–H groups in total. The second-order valence-electron chi connectivity index (χ2n) is 6.15. The fourth-order valence-electron chi connectivity index (χ4n) is 3.36. The lowest BCUT2D eigenvalue weighted by Gasteiger charge is -2.18. The summed E-state index contributed by atoms with van der Waals surface area (Å²) in [5.41, 5.74) is 4.91. The first-order chi connectivity index (χ1) is 11.8. The Morgan fingerprint density at radius 3 is 1.88 bits per heavy atom. The molecule has 3 aromatic carbocycles. The Bertz CT molecular complexity index is 900. The number of hydrogen-bond donors (Lipinski definition) is 0. The normalized spacial score (nSPS) is 11.2. The fourth-order valence-corrected chi connectivity index (χ4v) is 3.36. The standard InChI is InChI=1S/C22H20N2/c1-24-21-15-9-8-14-20(21)23-22(24)16-19(17-10-4-2-5-11-17)18-12-6-3-7-13-18/h2-15,19H,16H2,1H3. The van der Waals surface area contributed by atoms with Gasteiger partial charge in [0.1, 0.15) is 5.82 Å². The molecule has 0 saturated heterocycles. The summed E-state index contributed by atoms with van der Waals surface area (Å²) < 4.78 is 2.22. The van der Waals surface area contributed by atoms with Crippen LogP contribution in [-0.2, 0) is 13.5 Å². The molecule has 0 radical (unpaired) electrons. The number of rotatable bonds is 4. The van der Waals surface area contributed by atoms with Crippen molar-refractivity contribution in [3.05, 3.63) is 102 Å². The zero-order valence-electron chi connectivity index (χ0n) is 13.8. The molecular weight excluding hydrogens is 292 g/mol. The third kappa shape index (κ3) is 2.71. The molecule has 118 valence electrons. The summed E-state index contributed by atoms with van der Waals surface area (Å²) in [5.74, 6) is 1.43. The van der Waals surface area contributed by atoms with Gasteiger partial charge in [-0.1, -0.05) is 72.8 Å². The second kappa shape index (κ2) is 6.32. The average molecular weight is 312 g/mol. The van der Waals surface area contributed by atoms with Crippen LogP contribution in [0.5, 0.6) is 0 Å². The highest BCUT2D eigenvalue weighted by atomic mass is 15.1. The maximum Gasteiger partial charge on any atom is 0.110 e. The molecule has 0 unspecified atom stereocenters. The number of imidazole rings is 1. The van der Waals surface area contributed by atoms with E-state index in [4.69, 9.17) is 4.98 Å². The highest BCUT2D eigenvalue weighted by Crippen LogP contribution is 2.29. The zero-order chi connectivity index (χ0) is 16.4. The number of para-hydroxylation sites is 2. The summed E-state index contributed by atoms with van der Waals surface area (Å²) >= 11 is 0. The lowest BCUT2D eigenvalue weighted by atomic mass is 9.88. The third-order valence-corrected chi connectivity index (χ3v) is 4.67. The van der Waals surface area contributed by atoms with Crippen LogP contribution in [0.25, 0.3) is 11.0 Å². The molecule has 1 aromatic heterocycles. The number of fused-ring (bicyclic) bond motifs is 1. The van der Waals surface area contributed by atoms with Crippen molar-refractivity contribution >= 4 is 11.0 Å². The molecule has 0 spiro atoms. The molecular formula is C22H20N2. The van der Waals surface area contributed by atoms with Crippen molar-refractivity contribution in [2.24, 2.45) is 7.05 Å². The van der Waals surface area contributed by atoms with Gasteiger partial charge in [0.25, 0.3) is 0 Å². The molecule has 2 nitrogen and oxygen atoms in total. The van der Waals surface area contributed by atoms with E-state index in [1.807, 2.05) is 6.07 Å². The van der Waals surface area contributed by atoms with Crippen LogP contribution in [-0.4, -0.2) is 9.55 Å². The van der Waals surface area contributed by atoms with E-state index >= 15 is 0 Å². The number of nitrogens with zero attached hydrogens (tertiary/aromatic N) is 2. The van der Waals surface area contributed by atoms with Gasteiger partial charge in [-0.15, -0.1) is 0 Å². The molecule has 0 aliphatic rings. The Kier molecular flexibility index (Phi) is 3.87. The minimum Gasteiger partial charge on any atom is -0.331 e. The van der Waals surface area contributed by atoms with Gasteiger partial charge >= 0.3 is 0 Å². The van der Waals surface area contributed by atoms with Crippen molar-refractivity contribution in [2.75, 3.05) is 0 Å². The second-order valence-corrected chi connectivity index (χ2v) is 6.15. The van der Waals surface area contributed by atoms with Gasteiger partial charge in [0.15, 0.2) is 0 Å². The quantitative estimate of drug-likeness (QED) is 0.521. The zero-order valence-corrected chi connectivity index (χ0v) is 13.8. The van der Waals surface area contributed by atoms with Gasteiger partial charge in [0, 0.05) is 19.4 Å². The molecule has 0 atom stereocenters. The smallest absolute Gasteiger partial charge is 0.110 e. The van der Waals surface area contributed by atoms with Crippen LogP contribution in [0.3, 0.4) is 0 Å². The molecule has 0 fully saturated rings. The Morgan fingerprint density at radius 1 is 0.750 bits per heavy atom. The number of benzene rings is 3. The van der Waals surface area contributed by atoms with Crippen molar-refractivity contribution in [3.8, 4) is 0 Å². The summed E-state index contributed by atoms with van der Waals surface area (Å²) in [6.45, 7) is 0. The Balaban J connectivity index is 1.78. The highest BCUT2D eigenvalue weighted by Gasteiger charge is 2.18. The Labute approximate surface area is 142 Å². The number of aromatic nitrogens is 2. The van der Waals surface area contributed by atoms with Crippen LogP contribution < -0.4 is 0 Å². The summed E-state index contributed by atoms with van der Waals surface area (Å²) in [4.78, 5) is 4.87. The maximum absolute atomic E-state index is 4.87. The minimum absolute atomic E-state index is 0.308. The monoisotopic (exact) mass is 312 g/mol. The molecule has 1 heterocycles. The first-order valence-corrected chi connectivity index (χ1v) is 8.33. The summed E-state index contributed by atoms with van der Waals surface area (Å²) in [5, 5.41) is 0. The van der Waals surface area contributed by atoms with E-state index in [2.05, 4.69) is 90.5 Å². The summed E-state index contributed by atoms with van der Waals surface area (Å²) in [6.07, 6.45) is 0.888. The van der Waals surface area contributed by atoms with Gasteiger partial charge in [-0.25, -0.2) is 4.98 Å². The SMILES string of the molecule is Cn1c(CC(c2ccccc2)c2ccccc2)nc2ccccc21. The van der Waals surface area contributed by atoms with E-state index in [-0.39, 0.29) is 0 Å². The molecule has 4 rings (SSSR count). The van der Waals surface area contributed by atoms with Crippen LogP contribution in [0.4, 0.5) is 0 Å². The molecule has 2 heteroatoms. The van der Waals surface area contributed by atoms with E-state index in [0.29, 0.717) is 5.92 Å².